The quantitative estimate of drug-likeness (QED) is 0.670. The van der Waals surface area contributed by atoms with Gasteiger partial charge in [-0.05, 0) is 63.1 Å². The molecule has 1 saturated heterocycles. The molecule has 0 radical (unpaired) electrons. The molecule has 0 unspecified atom stereocenters. The number of benzene rings is 1. The van der Waals surface area contributed by atoms with Crippen molar-refractivity contribution in [1.82, 2.24) is 9.61 Å². The smallest absolute Gasteiger partial charge is 0.399 e. The highest BCUT2D eigenvalue weighted by Gasteiger charge is 2.52. The van der Waals surface area contributed by atoms with Crippen molar-refractivity contribution < 1.29 is 9.31 Å². The summed E-state index contributed by atoms with van der Waals surface area (Å²) in [6.45, 7) is 8.17. The summed E-state index contributed by atoms with van der Waals surface area (Å²) >= 11 is 0. The number of pyridine rings is 1. The van der Waals surface area contributed by atoms with Crippen LogP contribution < -0.4 is 5.46 Å². The van der Waals surface area contributed by atoms with Crippen LogP contribution in [0.5, 0.6) is 0 Å². The summed E-state index contributed by atoms with van der Waals surface area (Å²) in [7, 11) is -0.450. The summed E-state index contributed by atoms with van der Waals surface area (Å²) in [5.74, 6) is 0. The lowest BCUT2D eigenvalue weighted by Crippen LogP contribution is -2.41. The molecule has 130 valence electrons. The van der Waals surface area contributed by atoms with Gasteiger partial charge in [0.15, 0.2) is 0 Å². The van der Waals surface area contributed by atoms with Gasteiger partial charge in [-0.2, -0.15) is 10.4 Å². The van der Waals surface area contributed by atoms with Crippen LogP contribution in [0.25, 0.3) is 16.6 Å². The SMILES string of the molecule is CC1(C)OB(c2cnn3ccc(-c4ccc(C#N)cc4)cc23)OC1(C)C. The molecule has 6 heteroatoms. The Labute approximate surface area is 153 Å². The number of nitrogens with zero attached hydrogens (tertiary/aromatic N) is 3. The predicted molar refractivity (Wildman–Crippen MR) is 101 cm³/mol. The topological polar surface area (TPSA) is 59.5 Å². The summed E-state index contributed by atoms with van der Waals surface area (Å²) in [4.78, 5) is 0. The molecule has 3 heterocycles. The van der Waals surface area contributed by atoms with Crippen LogP contribution in [-0.2, 0) is 9.31 Å². The summed E-state index contributed by atoms with van der Waals surface area (Å²) in [6.07, 6.45) is 3.73. The van der Waals surface area contributed by atoms with Crippen molar-refractivity contribution in [3.63, 3.8) is 0 Å². The van der Waals surface area contributed by atoms with Gasteiger partial charge in [0.2, 0.25) is 0 Å². The van der Waals surface area contributed by atoms with Crippen molar-refractivity contribution in [1.29, 1.82) is 5.26 Å². The molecule has 0 saturated carbocycles. The maximum atomic E-state index is 8.97. The second kappa shape index (κ2) is 5.70. The average molecular weight is 345 g/mol. The molecular formula is C20H20BN3O2. The first kappa shape index (κ1) is 16.8. The molecule has 2 aromatic heterocycles. The lowest BCUT2D eigenvalue weighted by Gasteiger charge is -2.32. The van der Waals surface area contributed by atoms with Crippen LogP contribution in [0.3, 0.4) is 0 Å². The minimum absolute atomic E-state index is 0.392. The van der Waals surface area contributed by atoms with Gasteiger partial charge < -0.3 is 9.31 Å². The summed E-state index contributed by atoms with van der Waals surface area (Å²) in [5, 5.41) is 13.4. The first-order valence-corrected chi connectivity index (χ1v) is 8.64. The van der Waals surface area contributed by atoms with E-state index in [1.807, 2.05) is 68.7 Å². The highest BCUT2D eigenvalue weighted by molar-refractivity contribution is 6.64. The molecule has 1 aromatic carbocycles. The molecule has 1 fully saturated rings. The molecule has 1 aliphatic heterocycles. The molecule has 3 aromatic rings. The lowest BCUT2D eigenvalue weighted by atomic mass is 9.80. The van der Waals surface area contributed by atoms with Gasteiger partial charge in [-0.15, -0.1) is 0 Å². The summed E-state index contributed by atoms with van der Waals surface area (Å²) in [6, 6.07) is 13.8. The zero-order valence-electron chi connectivity index (χ0n) is 15.4. The Kier molecular flexibility index (Phi) is 3.69. The van der Waals surface area contributed by atoms with Crippen LogP contribution in [0.15, 0.2) is 48.8 Å². The van der Waals surface area contributed by atoms with E-state index in [9.17, 15) is 0 Å². The first-order chi connectivity index (χ1) is 12.3. The third-order valence-corrected chi connectivity index (χ3v) is 5.41. The highest BCUT2D eigenvalue weighted by Crippen LogP contribution is 2.36. The molecule has 0 atom stereocenters. The average Bonchev–Trinajstić information content (AvgIpc) is 3.12. The molecule has 0 bridgehead atoms. The number of hydrogen-bond acceptors (Lipinski definition) is 4. The number of rotatable bonds is 2. The van der Waals surface area contributed by atoms with Gasteiger partial charge in [-0.25, -0.2) is 4.52 Å². The predicted octanol–water partition coefficient (Wildman–Crippen LogP) is 3.17. The van der Waals surface area contributed by atoms with Crippen LogP contribution in [-0.4, -0.2) is 27.9 Å². The highest BCUT2D eigenvalue weighted by atomic mass is 16.7. The number of aromatic nitrogens is 2. The van der Waals surface area contributed by atoms with E-state index in [-0.39, 0.29) is 0 Å². The zero-order chi connectivity index (χ0) is 18.5. The Bertz CT molecular complexity index is 1000. The lowest BCUT2D eigenvalue weighted by molar-refractivity contribution is 0.00578. The van der Waals surface area contributed by atoms with Crippen LogP contribution in [0, 0.1) is 11.3 Å². The number of fused-ring (bicyclic) bond motifs is 1. The van der Waals surface area contributed by atoms with E-state index in [0.717, 1.165) is 22.1 Å². The molecule has 26 heavy (non-hydrogen) atoms. The maximum Gasteiger partial charge on any atom is 0.498 e. The van der Waals surface area contributed by atoms with Crippen LogP contribution in [0.1, 0.15) is 33.3 Å². The third kappa shape index (κ3) is 2.61. The van der Waals surface area contributed by atoms with Crippen molar-refractivity contribution in [3.05, 3.63) is 54.4 Å². The Balaban J connectivity index is 1.75. The van der Waals surface area contributed by atoms with E-state index in [0.29, 0.717) is 5.56 Å². The molecule has 0 N–H and O–H groups in total. The van der Waals surface area contributed by atoms with Gasteiger partial charge in [0, 0.05) is 17.9 Å². The molecular weight excluding hydrogens is 325 g/mol. The van der Waals surface area contributed by atoms with E-state index in [4.69, 9.17) is 14.6 Å². The molecule has 0 amide bonds. The van der Waals surface area contributed by atoms with Gasteiger partial charge in [0.05, 0.1) is 28.4 Å². The molecule has 0 spiro atoms. The normalized spacial score (nSPS) is 18.2. The van der Waals surface area contributed by atoms with Gasteiger partial charge in [-0.3, -0.25) is 0 Å². The van der Waals surface area contributed by atoms with E-state index >= 15 is 0 Å². The van der Waals surface area contributed by atoms with E-state index in [2.05, 4.69) is 17.2 Å². The van der Waals surface area contributed by atoms with Crippen molar-refractivity contribution in [2.24, 2.45) is 0 Å². The molecule has 4 rings (SSSR count). The number of nitriles is 1. The van der Waals surface area contributed by atoms with Gasteiger partial charge in [0.25, 0.3) is 0 Å². The monoisotopic (exact) mass is 345 g/mol. The molecule has 1 aliphatic rings. The van der Waals surface area contributed by atoms with Crippen molar-refractivity contribution >= 4 is 18.1 Å². The van der Waals surface area contributed by atoms with Gasteiger partial charge >= 0.3 is 7.12 Å². The number of hydrogen-bond donors (Lipinski definition) is 0. The van der Waals surface area contributed by atoms with Crippen LogP contribution in [0.2, 0.25) is 0 Å². The standard InChI is InChI=1S/C20H20BN3O2/c1-19(2)20(3,4)26-21(25-19)17-13-23-24-10-9-16(11-18(17)24)15-7-5-14(12-22)6-8-15/h5-11,13H,1-4H3. The van der Waals surface area contributed by atoms with Crippen molar-refractivity contribution in [2.45, 2.75) is 38.9 Å². The minimum Gasteiger partial charge on any atom is -0.399 e. The van der Waals surface area contributed by atoms with Crippen LogP contribution >= 0.6 is 0 Å². The minimum atomic E-state index is -0.450. The van der Waals surface area contributed by atoms with Crippen LogP contribution in [0.4, 0.5) is 0 Å². The van der Waals surface area contributed by atoms with Gasteiger partial charge in [0.1, 0.15) is 0 Å². The van der Waals surface area contributed by atoms with E-state index in [1.54, 1.807) is 6.20 Å². The molecule has 0 aliphatic carbocycles. The largest absolute Gasteiger partial charge is 0.498 e. The Hall–Kier alpha value is -2.62. The maximum absolute atomic E-state index is 8.97. The third-order valence-electron chi connectivity index (χ3n) is 5.41. The first-order valence-electron chi connectivity index (χ1n) is 8.64. The van der Waals surface area contributed by atoms with E-state index in [1.165, 1.54) is 0 Å². The van der Waals surface area contributed by atoms with Crippen molar-refractivity contribution in [2.75, 3.05) is 0 Å². The Morgan fingerprint density at radius 1 is 1.00 bits per heavy atom. The van der Waals surface area contributed by atoms with Gasteiger partial charge in [-0.1, -0.05) is 12.1 Å². The summed E-state index contributed by atoms with van der Waals surface area (Å²) < 4.78 is 14.2. The van der Waals surface area contributed by atoms with Crippen molar-refractivity contribution in [3.8, 4) is 17.2 Å². The Morgan fingerprint density at radius 2 is 1.65 bits per heavy atom. The summed E-state index contributed by atoms with van der Waals surface area (Å²) in [5.41, 5.74) is 3.84. The molecule has 5 nitrogen and oxygen atoms in total. The zero-order valence-corrected chi connectivity index (χ0v) is 15.4. The Morgan fingerprint density at radius 3 is 2.27 bits per heavy atom. The second-order valence-electron chi connectivity index (χ2n) is 7.62. The fraction of sp³-hybridized carbons (Fsp3) is 0.300. The second-order valence-corrected chi connectivity index (χ2v) is 7.62. The van der Waals surface area contributed by atoms with E-state index < -0.39 is 18.3 Å². The fourth-order valence-electron chi connectivity index (χ4n) is 3.07. The fourth-order valence-corrected chi connectivity index (χ4v) is 3.07.